The molecule has 0 aromatic rings. The van der Waals surface area contributed by atoms with E-state index in [9.17, 15) is 0 Å². The fourth-order valence-corrected chi connectivity index (χ4v) is 0. The maximum atomic E-state index is 0. The van der Waals surface area contributed by atoms with Crippen LogP contribution in [0, 0.1) is 545 Å². The predicted octanol–water partition coefficient (Wildman–Crippen LogP) is 0. The van der Waals surface area contributed by atoms with Crippen LogP contribution in [-0.2, 0) is 0 Å². The summed E-state index contributed by atoms with van der Waals surface area (Å²) in [7, 11) is 0. The standard InChI is InChI=1S/6Ar.7Kr. The second-order valence-corrected chi connectivity index (χ2v) is 0. The van der Waals surface area contributed by atoms with Crippen molar-refractivity contribution >= 4 is 0 Å². The maximum Gasteiger partial charge on any atom is 0 e. The summed E-state index contributed by atoms with van der Waals surface area (Å²) in [6.45, 7) is 0. The van der Waals surface area contributed by atoms with Gasteiger partial charge in [0, 0.05) is 545 Å². The molecule has 0 radical (unpaired) electrons. The third kappa shape index (κ3) is 72.6. The zero-order valence-corrected chi connectivity index (χ0v) is 19.2. The van der Waals surface area contributed by atoms with E-state index in [1.54, 1.807) is 0 Å². The van der Waals surface area contributed by atoms with Crippen LogP contribution in [0.3, 0.4) is 0 Å². The average Bonchev–Trinajstić information content (AvgIpc) is 0. The van der Waals surface area contributed by atoms with Gasteiger partial charge in [-0.3, -0.25) is 0 Å². The first kappa shape index (κ1) is 86.2. The van der Waals surface area contributed by atoms with Gasteiger partial charge in [-0.2, -0.15) is 0 Å². The van der Waals surface area contributed by atoms with E-state index in [4.69, 9.17) is 0 Å². The molecule has 0 aromatic heterocycles. The van der Waals surface area contributed by atoms with Crippen molar-refractivity contribution in [1.82, 2.24) is 0 Å². The van der Waals surface area contributed by atoms with Crippen molar-refractivity contribution in [1.29, 1.82) is 0 Å². The number of rotatable bonds is 0. The molecule has 0 aromatic carbocycles. The van der Waals surface area contributed by atoms with E-state index < -0.39 is 0 Å². The van der Waals surface area contributed by atoms with Gasteiger partial charge in [-0.25, -0.2) is 0 Å². The van der Waals surface area contributed by atoms with Crippen LogP contribution >= 0.6 is 0 Å². The molecule has 0 saturated carbocycles. The van der Waals surface area contributed by atoms with Crippen LogP contribution in [0.25, 0.3) is 0 Å². The first-order chi connectivity index (χ1) is 0. The zero-order valence-electron chi connectivity index (χ0n) is 4.60. The Kier molecular flexibility index (Phi) is 517. The van der Waals surface area contributed by atoms with Crippen molar-refractivity contribution in [2.45, 2.75) is 0 Å². The molecule has 13 heteroatoms. The smallest absolute Gasteiger partial charge is 0 e. The van der Waals surface area contributed by atoms with Crippen LogP contribution in [0.2, 0.25) is 0 Å². The van der Waals surface area contributed by atoms with Gasteiger partial charge in [0.05, 0.1) is 0 Å². The van der Waals surface area contributed by atoms with E-state index in [1.807, 2.05) is 0 Å². The topological polar surface area (TPSA) is 0 Å². The minimum Gasteiger partial charge on any atom is 0 e. The van der Waals surface area contributed by atoms with Gasteiger partial charge in [-0.15, -0.1) is 0 Å². The first-order valence-corrected chi connectivity index (χ1v) is 0. The van der Waals surface area contributed by atoms with Gasteiger partial charge in [0.15, 0.2) is 0 Å². The van der Waals surface area contributed by atoms with Crippen molar-refractivity contribution in [3.05, 3.63) is 0 Å². The predicted molar refractivity (Wildman–Crippen MR) is 0 cm³/mol. The zero-order chi connectivity index (χ0) is 0. The summed E-state index contributed by atoms with van der Waals surface area (Å²) in [4.78, 5) is 0. The van der Waals surface area contributed by atoms with Crippen LogP contribution in [0.1, 0.15) is 0 Å². The van der Waals surface area contributed by atoms with Crippen molar-refractivity contribution < 1.29 is 545 Å². The van der Waals surface area contributed by atoms with Crippen LogP contribution in [0.4, 0.5) is 0 Å². The first-order valence-electron chi connectivity index (χ1n) is 0. The van der Waals surface area contributed by atoms with Gasteiger partial charge in [-0.05, 0) is 0 Å². The Labute approximate surface area is 522 Å². The summed E-state index contributed by atoms with van der Waals surface area (Å²) in [6, 6.07) is 0. The molecule has 13 heavy (non-hydrogen) atoms. The molecular weight excluding hydrogens is 826 g/mol. The molecule has 0 unspecified atom stereocenters. The Balaban J connectivity index is 0. The molecule has 0 nitrogen and oxygen atoms in total. The molecule has 0 aliphatic heterocycles. The summed E-state index contributed by atoms with van der Waals surface area (Å²) in [5, 5.41) is 0. The van der Waals surface area contributed by atoms with Crippen molar-refractivity contribution in [3.8, 4) is 0 Å². The summed E-state index contributed by atoms with van der Waals surface area (Å²) in [5.41, 5.74) is 0. The van der Waals surface area contributed by atoms with Crippen molar-refractivity contribution in [2.75, 3.05) is 0 Å². The normalized spacial score (nSPS) is 0. The Morgan fingerprint density at radius 2 is 0.154 bits per heavy atom. The van der Waals surface area contributed by atoms with E-state index in [1.165, 1.54) is 0 Å². The van der Waals surface area contributed by atoms with Gasteiger partial charge in [0.1, 0.15) is 0 Å². The van der Waals surface area contributed by atoms with Gasteiger partial charge in [-0.1, -0.05) is 0 Å². The molecule has 0 heterocycles. The van der Waals surface area contributed by atoms with E-state index >= 15 is 0 Å². The average molecular weight is 826 g/mol. The molecule has 0 spiro atoms. The molecular formula is Ar6Kr7. The Morgan fingerprint density at radius 3 is 0.154 bits per heavy atom. The fourth-order valence-electron chi connectivity index (χ4n) is 0. The van der Waals surface area contributed by atoms with Crippen LogP contribution < -0.4 is 0 Å². The van der Waals surface area contributed by atoms with Gasteiger partial charge in [0.25, 0.3) is 0 Å². The third-order valence-electron chi connectivity index (χ3n) is 0. The van der Waals surface area contributed by atoms with E-state index in [-0.39, 0.29) is 545 Å². The summed E-state index contributed by atoms with van der Waals surface area (Å²) >= 11 is 0. The van der Waals surface area contributed by atoms with Crippen LogP contribution in [0.15, 0.2) is 0 Å². The van der Waals surface area contributed by atoms with E-state index in [0.29, 0.717) is 0 Å². The SMILES string of the molecule is [Ar].[Ar].[Ar].[Ar].[Ar].[Ar].[Kr].[Kr].[Kr].[Kr].[Kr].[Kr].[Kr]. The fraction of sp³-hybridized carbons (Fsp3) is 0. The second-order valence-electron chi connectivity index (χ2n) is 0. The molecule has 0 N–H and O–H groups in total. The van der Waals surface area contributed by atoms with Crippen LogP contribution in [0.5, 0.6) is 0 Å². The van der Waals surface area contributed by atoms with Crippen molar-refractivity contribution in [2.24, 2.45) is 0 Å². The number of hydrogen-bond donors (Lipinski definition) is 0. The molecule has 0 rings (SSSR count). The number of hydrogen-bond acceptors (Lipinski definition) is 0. The summed E-state index contributed by atoms with van der Waals surface area (Å²) < 4.78 is 0. The Bertz CT molecular complexity index is 12.9. The Morgan fingerprint density at radius 1 is 0.154 bits per heavy atom. The van der Waals surface area contributed by atoms with Gasteiger partial charge < -0.3 is 0 Å². The van der Waals surface area contributed by atoms with E-state index in [0.717, 1.165) is 0 Å². The molecule has 0 saturated heterocycles. The molecule has 0 aliphatic rings. The summed E-state index contributed by atoms with van der Waals surface area (Å²) in [6.07, 6.45) is 0. The minimum absolute atomic E-state index is 0. The van der Waals surface area contributed by atoms with Gasteiger partial charge in [0.2, 0.25) is 0 Å². The van der Waals surface area contributed by atoms with E-state index in [2.05, 4.69) is 0 Å². The van der Waals surface area contributed by atoms with Gasteiger partial charge >= 0.3 is 0 Å². The minimum atomic E-state index is 0. The monoisotopic (exact) mass is 827 g/mol. The molecule has 0 aliphatic carbocycles. The quantitative estimate of drug-likeness (QED) is 0.323. The molecule has 0 amide bonds. The second kappa shape index (κ2) is 77.9. The Hall–Kier alpha value is 17.9. The van der Waals surface area contributed by atoms with Crippen LogP contribution in [-0.4, -0.2) is 0 Å². The molecule has 0 atom stereocenters. The summed E-state index contributed by atoms with van der Waals surface area (Å²) in [5.74, 6) is 0. The molecule has 104 valence electrons. The molecule has 0 bridgehead atoms. The largest absolute Gasteiger partial charge is 0 e. The molecule has 0 fully saturated rings. The van der Waals surface area contributed by atoms with Crippen molar-refractivity contribution in [3.63, 3.8) is 0 Å². The third-order valence-corrected chi connectivity index (χ3v) is 0. The maximum absolute atomic E-state index is 0.